The molecule has 150 valence electrons. The van der Waals surface area contributed by atoms with Crippen molar-refractivity contribution in [3.8, 4) is 45.7 Å². The smallest absolute Gasteiger partial charge is 0.744 e. The van der Waals surface area contributed by atoms with Crippen molar-refractivity contribution in [2.75, 3.05) is 0 Å². The first-order valence-corrected chi connectivity index (χ1v) is 10.1. The van der Waals surface area contributed by atoms with E-state index in [0.29, 0.717) is 11.1 Å². The molecule has 0 saturated carbocycles. The Bertz CT molecular complexity index is 1300. The number of aromatic hydroxyl groups is 2. The van der Waals surface area contributed by atoms with Gasteiger partial charge < -0.3 is 14.8 Å². The van der Waals surface area contributed by atoms with Crippen molar-refractivity contribution in [3.05, 3.63) is 72.8 Å². The molecule has 0 bridgehead atoms. The van der Waals surface area contributed by atoms with Crippen LogP contribution in [0.4, 0.5) is 0 Å². The van der Waals surface area contributed by atoms with Crippen LogP contribution in [0.25, 0.3) is 34.2 Å². The molecule has 0 saturated heterocycles. The Morgan fingerprint density at radius 2 is 1.16 bits per heavy atom. The van der Waals surface area contributed by atoms with Gasteiger partial charge in [-0.2, -0.15) is 0 Å². The Morgan fingerprint density at radius 3 is 1.65 bits per heavy atom. The van der Waals surface area contributed by atoms with Gasteiger partial charge in [0.15, 0.2) is 17.5 Å². The Morgan fingerprint density at radius 1 is 0.677 bits per heavy atom. The molecule has 0 aliphatic rings. The first kappa shape index (κ1) is 22.9. The first-order chi connectivity index (χ1) is 14.3. The summed E-state index contributed by atoms with van der Waals surface area (Å²) in [7, 11) is -4.67. The summed E-state index contributed by atoms with van der Waals surface area (Å²) in [4.78, 5) is 12.7. The molecule has 1 heterocycles. The molecule has 4 rings (SSSR count). The summed E-state index contributed by atoms with van der Waals surface area (Å²) in [5.74, 6) is 0.188. The van der Waals surface area contributed by atoms with E-state index in [-0.39, 0.29) is 64.1 Å². The summed E-state index contributed by atoms with van der Waals surface area (Å²) in [5.41, 5.74) is 0.915. The normalized spacial score (nSPS) is 11.0. The summed E-state index contributed by atoms with van der Waals surface area (Å²) in [6.45, 7) is 0. The molecule has 31 heavy (non-hydrogen) atoms. The van der Waals surface area contributed by atoms with Gasteiger partial charge in [-0.1, -0.05) is 36.4 Å². The van der Waals surface area contributed by atoms with Crippen molar-refractivity contribution in [2.45, 2.75) is 4.90 Å². The van der Waals surface area contributed by atoms with Crippen molar-refractivity contribution in [3.63, 3.8) is 0 Å². The predicted molar refractivity (Wildman–Crippen MR) is 107 cm³/mol. The maximum Gasteiger partial charge on any atom is 1.00 e. The fraction of sp³-hybridized carbons (Fsp3) is 0. The first-order valence-electron chi connectivity index (χ1n) is 8.72. The van der Waals surface area contributed by atoms with Gasteiger partial charge in [-0.25, -0.2) is 23.4 Å². The molecule has 0 atom stereocenters. The minimum Gasteiger partial charge on any atom is -0.744 e. The molecule has 3 aromatic carbocycles. The maximum absolute atomic E-state index is 11.4. The largest absolute Gasteiger partial charge is 1.00 e. The van der Waals surface area contributed by atoms with E-state index in [0.717, 1.165) is 0 Å². The molecule has 4 aromatic rings. The number of nitrogens with zero attached hydrogens (tertiary/aromatic N) is 3. The molecule has 0 radical (unpaired) electrons. The molecule has 2 N–H and O–H groups in total. The van der Waals surface area contributed by atoms with Crippen LogP contribution in [0, 0.1) is 0 Å². The minimum absolute atomic E-state index is 0. The van der Waals surface area contributed by atoms with Crippen LogP contribution >= 0.6 is 0 Å². The number of rotatable bonds is 4. The van der Waals surface area contributed by atoms with Crippen LogP contribution in [0.3, 0.4) is 0 Å². The van der Waals surface area contributed by atoms with Gasteiger partial charge in [0.1, 0.15) is 21.6 Å². The fourth-order valence-corrected chi connectivity index (χ4v) is 3.38. The number of para-hydroxylation sites is 2. The van der Waals surface area contributed by atoms with E-state index in [1.165, 1.54) is 30.3 Å². The molecule has 0 aliphatic heterocycles. The van der Waals surface area contributed by atoms with Crippen molar-refractivity contribution in [2.24, 2.45) is 0 Å². The van der Waals surface area contributed by atoms with Crippen molar-refractivity contribution in [1.29, 1.82) is 0 Å². The van der Waals surface area contributed by atoms with Crippen LogP contribution in [-0.2, 0) is 10.1 Å². The van der Waals surface area contributed by atoms with Crippen LogP contribution in [0.5, 0.6) is 11.5 Å². The number of benzene rings is 3. The van der Waals surface area contributed by atoms with Gasteiger partial charge in [0.2, 0.25) is 0 Å². The zero-order chi connectivity index (χ0) is 21.3. The van der Waals surface area contributed by atoms with Crippen molar-refractivity contribution >= 4 is 10.1 Å². The summed E-state index contributed by atoms with van der Waals surface area (Å²) >= 11 is 0. The van der Waals surface area contributed by atoms with Gasteiger partial charge >= 0.3 is 29.6 Å². The van der Waals surface area contributed by atoms with Crippen LogP contribution in [-0.4, -0.2) is 38.1 Å². The molecular weight excluding hydrogens is 429 g/mol. The quantitative estimate of drug-likeness (QED) is 0.337. The molecule has 0 aliphatic carbocycles. The van der Waals surface area contributed by atoms with Gasteiger partial charge in [0.25, 0.3) is 0 Å². The third-order valence-electron chi connectivity index (χ3n) is 4.31. The van der Waals surface area contributed by atoms with Crippen LogP contribution in [0.15, 0.2) is 77.7 Å². The number of phenols is 2. The maximum atomic E-state index is 11.4. The Kier molecular flexibility index (Phi) is 6.73. The second-order valence-corrected chi connectivity index (χ2v) is 7.70. The predicted octanol–water partition coefficient (Wildman–Crippen LogP) is 0.192. The van der Waals surface area contributed by atoms with E-state index in [9.17, 15) is 23.2 Å². The van der Waals surface area contributed by atoms with Gasteiger partial charge in [-0.15, -0.1) is 0 Å². The Hall–Kier alpha value is -2.82. The van der Waals surface area contributed by atoms with E-state index >= 15 is 0 Å². The van der Waals surface area contributed by atoms with Crippen molar-refractivity contribution in [1.82, 2.24) is 15.0 Å². The molecular formula is C21H14N3NaO5S. The number of hydrogen-bond donors (Lipinski definition) is 2. The van der Waals surface area contributed by atoms with Gasteiger partial charge in [0.05, 0.1) is 16.0 Å². The molecule has 10 heteroatoms. The number of phenolic OH excluding ortho intramolecular Hbond substituents is 2. The van der Waals surface area contributed by atoms with E-state index < -0.39 is 15.0 Å². The average Bonchev–Trinajstić information content (AvgIpc) is 2.73. The Balaban J connectivity index is 0.00000272. The summed E-state index contributed by atoms with van der Waals surface area (Å²) < 4.78 is 34.2. The summed E-state index contributed by atoms with van der Waals surface area (Å²) in [5, 5.41) is 20.4. The van der Waals surface area contributed by atoms with Crippen LogP contribution < -0.4 is 29.6 Å². The topological polar surface area (TPSA) is 136 Å². The number of aromatic nitrogens is 3. The average molecular weight is 443 g/mol. The standard InChI is InChI=1S/C21H15N3O5S.Na/c25-17-10-3-1-8-15(17)20-22-19(13-6-5-7-14(12-13)30(27,28)29)23-21(24-20)16-9-2-4-11-18(16)26;/h1-12,25-26H,(H,27,28,29);/q;+1/p-1. The monoisotopic (exact) mass is 443 g/mol. The fourth-order valence-electron chi connectivity index (χ4n) is 2.86. The third kappa shape index (κ3) is 4.92. The molecule has 8 nitrogen and oxygen atoms in total. The van der Waals surface area contributed by atoms with E-state index in [4.69, 9.17) is 0 Å². The van der Waals surface area contributed by atoms with Gasteiger partial charge in [0, 0.05) is 5.56 Å². The van der Waals surface area contributed by atoms with E-state index in [2.05, 4.69) is 15.0 Å². The molecule has 0 fully saturated rings. The van der Waals surface area contributed by atoms with Gasteiger partial charge in [-0.3, -0.25) is 0 Å². The second-order valence-electron chi connectivity index (χ2n) is 6.32. The molecule has 0 spiro atoms. The summed E-state index contributed by atoms with van der Waals surface area (Å²) in [6.07, 6.45) is 0. The van der Waals surface area contributed by atoms with E-state index in [1.807, 2.05) is 0 Å². The van der Waals surface area contributed by atoms with Crippen LogP contribution in [0.1, 0.15) is 0 Å². The molecule has 1 aromatic heterocycles. The Labute approximate surface area is 200 Å². The minimum atomic E-state index is -4.67. The third-order valence-corrected chi connectivity index (χ3v) is 5.14. The molecule has 0 amide bonds. The van der Waals surface area contributed by atoms with Gasteiger partial charge in [-0.05, 0) is 36.4 Å². The molecule has 0 unspecified atom stereocenters. The van der Waals surface area contributed by atoms with Crippen molar-refractivity contribution < 1.29 is 52.7 Å². The number of hydrogen-bond acceptors (Lipinski definition) is 8. The van der Waals surface area contributed by atoms with Crippen LogP contribution in [0.2, 0.25) is 0 Å². The summed E-state index contributed by atoms with van der Waals surface area (Å²) in [6, 6.07) is 18.2. The van der Waals surface area contributed by atoms with E-state index in [1.54, 1.807) is 42.5 Å². The second kappa shape index (κ2) is 9.13. The zero-order valence-corrected chi connectivity index (χ0v) is 19.1. The SMILES string of the molecule is O=S(=O)([O-])c1cccc(-c2nc(-c3ccccc3O)nc(-c3ccccc3O)n2)c1.[Na+]. The zero-order valence-electron chi connectivity index (χ0n) is 16.3.